The van der Waals surface area contributed by atoms with Crippen molar-refractivity contribution in [1.82, 2.24) is 0 Å². The number of ketones is 1. The maximum absolute atomic E-state index is 13.0. The molecule has 0 fully saturated rings. The molecule has 5 nitrogen and oxygen atoms in total. The van der Waals surface area contributed by atoms with Crippen LogP contribution in [0.2, 0.25) is 0 Å². The molecule has 0 atom stereocenters. The van der Waals surface area contributed by atoms with Crippen molar-refractivity contribution in [2.45, 2.75) is 6.92 Å². The Kier molecular flexibility index (Phi) is 5.69. The first-order chi connectivity index (χ1) is 13.5. The molecule has 0 bridgehead atoms. The Bertz CT molecular complexity index is 998. The third-order valence-corrected chi connectivity index (χ3v) is 4.01. The lowest BCUT2D eigenvalue weighted by Gasteiger charge is -2.12. The van der Waals surface area contributed by atoms with Crippen LogP contribution in [-0.2, 0) is 0 Å². The van der Waals surface area contributed by atoms with Crippen LogP contribution >= 0.6 is 0 Å². The largest absolute Gasteiger partial charge is 0.497 e. The molecule has 28 heavy (non-hydrogen) atoms. The van der Waals surface area contributed by atoms with E-state index < -0.39 is 5.82 Å². The molecule has 0 aliphatic heterocycles. The van der Waals surface area contributed by atoms with Crippen molar-refractivity contribution in [2.24, 2.45) is 0 Å². The zero-order chi connectivity index (χ0) is 20.1. The van der Waals surface area contributed by atoms with Crippen LogP contribution < -0.4 is 14.8 Å². The van der Waals surface area contributed by atoms with Gasteiger partial charge in [0.25, 0.3) is 5.91 Å². The number of benzene rings is 3. The lowest BCUT2D eigenvalue weighted by atomic mass is 10.1. The van der Waals surface area contributed by atoms with Gasteiger partial charge in [0, 0.05) is 17.3 Å². The number of methoxy groups -OCH3 is 1. The fraction of sp³-hybridized carbons (Fsp3) is 0.0909. The minimum atomic E-state index is -0.402. The van der Waals surface area contributed by atoms with E-state index in [9.17, 15) is 14.0 Å². The summed E-state index contributed by atoms with van der Waals surface area (Å²) in [5.74, 6) is 0.579. The molecule has 0 aromatic heterocycles. The summed E-state index contributed by atoms with van der Waals surface area (Å²) in [5, 5.41) is 2.73. The summed E-state index contributed by atoms with van der Waals surface area (Å²) >= 11 is 0. The maximum Gasteiger partial charge on any atom is 0.255 e. The monoisotopic (exact) mass is 379 g/mol. The molecule has 3 aromatic carbocycles. The molecular weight excluding hydrogens is 361 g/mol. The average Bonchev–Trinajstić information content (AvgIpc) is 2.69. The van der Waals surface area contributed by atoms with Crippen molar-refractivity contribution in [2.75, 3.05) is 12.4 Å². The first kappa shape index (κ1) is 19.1. The van der Waals surface area contributed by atoms with Gasteiger partial charge in [-0.3, -0.25) is 9.59 Å². The number of hydrogen-bond acceptors (Lipinski definition) is 4. The molecule has 0 aliphatic carbocycles. The van der Waals surface area contributed by atoms with Gasteiger partial charge in [-0.1, -0.05) is 0 Å². The summed E-state index contributed by atoms with van der Waals surface area (Å²) in [5.41, 5.74) is 1.35. The zero-order valence-corrected chi connectivity index (χ0v) is 15.4. The van der Waals surface area contributed by atoms with Gasteiger partial charge in [0.05, 0.1) is 12.7 Å². The summed E-state index contributed by atoms with van der Waals surface area (Å²) in [7, 11) is 1.53. The third-order valence-electron chi connectivity index (χ3n) is 4.01. The molecule has 0 aliphatic rings. The highest BCUT2D eigenvalue weighted by Crippen LogP contribution is 2.30. The number of Topliss-reactive ketones (excluding diaryl/α,β-unsaturated/α-hetero) is 1. The van der Waals surface area contributed by atoms with Crippen LogP contribution in [0.3, 0.4) is 0 Å². The Morgan fingerprint density at radius 2 is 1.54 bits per heavy atom. The standard InChI is InChI=1S/C22H18FNO4/c1-14(25)20-12-11-19(27-2)13-21(20)28-18-9-7-17(8-10-18)24-22(26)15-3-5-16(23)6-4-15/h3-13H,1-2H3,(H,24,26). The van der Waals surface area contributed by atoms with E-state index in [1.807, 2.05) is 0 Å². The van der Waals surface area contributed by atoms with Crippen molar-refractivity contribution in [3.05, 3.63) is 83.7 Å². The number of carbonyl (C=O) groups excluding carboxylic acids is 2. The van der Waals surface area contributed by atoms with Crippen LogP contribution in [0.15, 0.2) is 66.7 Å². The van der Waals surface area contributed by atoms with Crippen LogP contribution in [0.5, 0.6) is 17.2 Å². The van der Waals surface area contributed by atoms with Crippen molar-refractivity contribution < 1.29 is 23.5 Å². The van der Waals surface area contributed by atoms with Crippen molar-refractivity contribution in [1.29, 1.82) is 0 Å². The van der Waals surface area contributed by atoms with E-state index in [-0.39, 0.29) is 11.7 Å². The summed E-state index contributed by atoms with van der Waals surface area (Å²) in [6.07, 6.45) is 0. The fourth-order valence-corrected chi connectivity index (χ4v) is 2.54. The topological polar surface area (TPSA) is 64.6 Å². The Labute approximate surface area is 161 Å². The van der Waals surface area contributed by atoms with E-state index in [1.54, 1.807) is 42.5 Å². The van der Waals surface area contributed by atoms with E-state index in [2.05, 4.69) is 5.32 Å². The lowest BCUT2D eigenvalue weighted by molar-refractivity contribution is 0.101. The molecule has 0 saturated heterocycles. The van der Waals surface area contributed by atoms with Crippen LogP contribution in [0, 0.1) is 5.82 Å². The van der Waals surface area contributed by atoms with Crippen LogP contribution in [0.25, 0.3) is 0 Å². The van der Waals surface area contributed by atoms with E-state index >= 15 is 0 Å². The normalized spacial score (nSPS) is 10.2. The summed E-state index contributed by atoms with van der Waals surface area (Å²) in [4.78, 5) is 24.0. The number of halogens is 1. The third kappa shape index (κ3) is 4.54. The van der Waals surface area contributed by atoms with Crippen LogP contribution in [-0.4, -0.2) is 18.8 Å². The average molecular weight is 379 g/mol. The van der Waals surface area contributed by atoms with Gasteiger partial charge in [-0.2, -0.15) is 0 Å². The van der Waals surface area contributed by atoms with Crippen molar-refractivity contribution in [3.8, 4) is 17.2 Å². The Hall–Kier alpha value is -3.67. The summed E-state index contributed by atoms with van der Waals surface area (Å²) < 4.78 is 23.9. The smallest absolute Gasteiger partial charge is 0.255 e. The molecule has 142 valence electrons. The second-order valence-electron chi connectivity index (χ2n) is 6.01. The number of hydrogen-bond donors (Lipinski definition) is 1. The van der Waals surface area contributed by atoms with Crippen molar-refractivity contribution in [3.63, 3.8) is 0 Å². The maximum atomic E-state index is 13.0. The van der Waals surface area contributed by atoms with E-state index in [1.165, 1.54) is 38.3 Å². The zero-order valence-electron chi connectivity index (χ0n) is 15.4. The molecule has 1 amide bonds. The minimum absolute atomic E-state index is 0.124. The van der Waals surface area contributed by atoms with Gasteiger partial charge in [-0.15, -0.1) is 0 Å². The van der Waals surface area contributed by atoms with Crippen molar-refractivity contribution >= 4 is 17.4 Å². The molecule has 6 heteroatoms. The van der Waals surface area contributed by atoms with Gasteiger partial charge in [0.1, 0.15) is 23.1 Å². The van der Waals surface area contributed by atoms with Gasteiger partial charge in [-0.05, 0) is 67.6 Å². The lowest BCUT2D eigenvalue weighted by Crippen LogP contribution is -2.11. The summed E-state index contributed by atoms with van der Waals surface area (Å²) in [6, 6.07) is 16.9. The molecule has 3 aromatic rings. The summed E-state index contributed by atoms with van der Waals surface area (Å²) in [6.45, 7) is 1.46. The molecule has 3 rings (SSSR count). The van der Waals surface area contributed by atoms with Gasteiger partial charge in [0.15, 0.2) is 5.78 Å². The van der Waals surface area contributed by atoms with Gasteiger partial charge >= 0.3 is 0 Å². The van der Waals surface area contributed by atoms with Crippen LogP contribution in [0.4, 0.5) is 10.1 Å². The number of carbonyl (C=O) groups is 2. The van der Waals surface area contributed by atoms with Crippen LogP contribution in [0.1, 0.15) is 27.6 Å². The molecule has 0 saturated carbocycles. The Morgan fingerprint density at radius 1 is 0.893 bits per heavy atom. The molecular formula is C22H18FNO4. The molecule has 0 radical (unpaired) electrons. The van der Waals surface area contributed by atoms with E-state index in [4.69, 9.17) is 9.47 Å². The quantitative estimate of drug-likeness (QED) is 0.607. The highest BCUT2D eigenvalue weighted by atomic mass is 19.1. The SMILES string of the molecule is COc1ccc(C(C)=O)c(Oc2ccc(NC(=O)c3ccc(F)cc3)cc2)c1. The fourth-order valence-electron chi connectivity index (χ4n) is 2.54. The minimum Gasteiger partial charge on any atom is -0.497 e. The predicted molar refractivity (Wildman–Crippen MR) is 104 cm³/mol. The van der Waals surface area contributed by atoms with Gasteiger partial charge < -0.3 is 14.8 Å². The molecule has 0 unspecified atom stereocenters. The molecule has 0 spiro atoms. The van der Waals surface area contributed by atoms with E-state index in [0.717, 1.165) is 0 Å². The predicted octanol–water partition coefficient (Wildman–Crippen LogP) is 5.08. The molecule has 1 N–H and O–H groups in total. The first-order valence-electron chi connectivity index (χ1n) is 8.50. The number of nitrogens with one attached hydrogen (secondary N) is 1. The first-order valence-corrected chi connectivity index (χ1v) is 8.50. The number of ether oxygens (including phenoxy) is 2. The molecule has 0 heterocycles. The van der Waals surface area contributed by atoms with E-state index in [0.29, 0.717) is 34.1 Å². The number of amides is 1. The van der Waals surface area contributed by atoms with Gasteiger partial charge in [-0.25, -0.2) is 4.39 Å². The number of rotatable bonds is 6. The van der Waals surface area contributed by atoms with Gasteiger partial charge in [0.2, 0.25) is 0 Å². The Balaban J connectivity index is 1.73. The Morgan fingerprint density at radius 3 is 2.14 bits per heavy atom. The second kappa shape index (κ2) is 8.35. The highest BCUT2D eigenvalue weighted by Gasteiger charge is 2.12. The highest BCUT2D eigenvalue weighted by molar-refractivity contribution is 6.04. The second-order valence-corrected chi connectivity index (χ2v) is 6.01. The number of anilines is 1.